The number of amides is 1. The van der Waals surface area contributed by atoms with Crippen molar-refractivity contribution in [3.05, 3.63) is 83.8 Å². The van der Waals surface area contributed by atoms with Gasteiger partial charge in [-0.3, -0.25) is 9.20 Å². The van der Waals surface area contributed by atoms with E-state index in [1.165, 1.54) is 0 Å². The Morgan fingerprint density at radius 3 is 2.85 bits per heavy atom. The Morgan fingerprint density at radius 1 is 1.11 bits per heavy atom. The van der Waals surface area contributed by atoms with Gasteiger partial charge in [0.15, 0.2) is 0 Å². The Morgan fingerprint density at radius 2 is 2.00 bits per heavy atom. The lowest BCUT2D eigenvalue weighted by atomic mass is 10.1. The predicted octanol–water partition coefficient (Wildman–Crippen LogP) is 4.62. The minimum atomic E-state index is -0.0382. The molecule has 0 aliphatic heterocycles. The number of carbonyl (C=O) groups is 1. The Balaban J connectivity index is 1.45. The van der Waals surface area contributed by atoms with Crippen molar-refractivity contribution in [1.29, 1.82) is 0 Å². The monoisotopic (exact) mass is 376 g/mol. The van der Waals surface area contributed by atoms with Crippen LogP contribution in [0.15, 0.2) is 73.2 Å². The molecule has 0 aliphatic rings. The first-order valence-corrected chi connectivity index (χ1v) is 9.00. The van der Waals surface area contributed by atoms with Gasteiger partial charge in [-0.25, -0.2) is 9.97 Å². The molecule has 0 radical (unpaired) electrons. The van der Waals surface area contributed by atoms with Gasteiger partial charge < -0.3 is 5.32 Å². The van der Waals surface area contributed by atoms with E-state index in [4.69, 9.17) is 11.6 Å². The summed E-state index contributed by atoms with van der Waals surface area (Å²) in [7, 11) is 0. The molecule has 6 heteroatoms. The van der Waals surface area contributed by atoms with Crippen LogP contribution in [0.3, 0.4) is 0 Å². The molecule has 2 aromatic carbocycles. The Bertz CT molecular complexity index is 1070. The molecule has 0 saturated carbocycles. The third kappa shape index (κ3) is 4.15. The summed E-state index contributed by atoms with van der Waals surface area (Å²) in [5.74, 6) is 0.604. The fraction of sp³-hybridized carbons (Fsp3) is 0.0952. The first kappa shape index (κ1) is 17.2. The van der Waals surface area contributed by atoms with Crippen LogP contribution in [0.4, 0.5) is 5.69 Å². The van der Waals surface area contributed by atoms with E-state index in [1.54, 1.807) is 6.20 Å². The second-order valence-corrected chi connectivity index (χ2v) is 6.65. The van der Waals surface area contributed by atoms with Gasteiger partial charge in [-0.1, -0.05) is 35.9 Å². The molecule has 1 amide bonds. The second-order valence-electron chi connectivity index (χ2n) is 6.21. The number of carbonyl (C=O) groups excluding carboxylic acids is 1. The average Bonchev–Trinajstić information content (AvgIpc) is 3.11. The number of nitrogens with zero attached hydrogens (tertiary/aromatic N) is 3. The summed E-state index contributed by atoms with van der Waals surface area (Å²) in [6.07, 6.45) is 6.57. The van der Waals surface area contributed by atoms with Crippen molar-refractivity contribution in [2.24, 2.45) is 0 Å². The minimum Gasteiger partial charge on any atom is -0.326 e. The molecule has 0 unspecified atom stereocenters. The van der Waals surface area contributed by atoms with Gasteiger partial charge >= 0.3 is 0 Å². The van der Waals surface area contributed by atoms with Gasteiger partial charge in [0, 0.05) is 41.3 Å². The van der Waals surface area contributed by atoms with E-state index < -0.39 is 0 Å². The maximum Gasteiger partial charge on any atom is 0.234 e. The summed E-state index contributed by atoms with van der Waals surface area (Å²) in [4.78, 5) is 21.0. The van der Waals surface area contributed by atoms with Gasteiger partial charge in [0.05, 0.1) is 5.69 Å². The van der Waals surface area contributed by atoms with E-state index >= 15 is 0 Å². The fourth-order valence-electron chi connectivity index (χ4n) is 2.90. The number of benzene rings is 2. The number of hydrogen-bond acceptors (Lipinski definition) is 3. The van der Waals surface area contributed by atoms with Gasteiger partial charge in [-0.2, -0.15) is 0 Å². The zero-order valence-corrected chi connectivity index (χ0v) is 15.2. The molecule has 0 saturated heterocycles. The quantitative estimate of drug-likeness (QED) is 0.552. The maximum atomic E-state index is 12.3. The third-order valence-electron chi connectivity index (χ3n) is 4.21. The molecule has 0 atom stereocenters. The van der Waals surface area contributed by atoms with Crippen LogP contribution >= 0.6 is 11.6 Å². The van der Waals surface area contributed by atoms with E-state index in [0.29, 0.717) is 23.6 Å². The average molecular weight is 377 g/mol. The van der Waals surface area contributed by atoms with Gasteiger partial charge in [-0.05, 0) is 42.3 Å². The van der Waals surface area contributed by atoms with Crippen molar-refractivity contribution in [1.82, 2.24) is 14.4 Å². The van der Waals surface area contributed by atoms with E-state index in [-0.39, 0.29) is 5.91 Å². The normalized spacial score (nSPS) is 10.9. The molecule has 0 fully saturated rings. The van der Waals surface area contributed by atoms with Crippen LogP contribution in [0.5, 0.6) is 0 Å². The summed E-state index contributed by atoms with van der Waals surface area (Å²) in [5.41, 5.74) is 3.52. The van der Waals surface area contributed by atoms with Gasteiger partial charge in [0.25, 0.3) is 0 Å². The van der Waals surface area contributed by atoms with Crippen molar-refractivity contribution in [3.63, 3.8) is 0 Å². The van der Waals surface area contributed by atoms with Gasteiger partial charge in [0.1, 0.15) is 0 Å². The lowest BCUT2D eigenvalue weighted by molar-refractivity contribution is -0.116. The highest BCUT2D eigenvalue weighted by Crippen LogP contribution is 2.22. The minimum absolute atomic E-state index is 0.0382. The molecule has 0 aliphatic carbocycles. The highest BCUT2D eigenvalue weighted by atomic mass is 35.5. The third-order valence-corrected chi connectivity index (χ3v) is 4.44. The number of nitrogens with one attached hydrogen (secondary N) is 1. The molecule has 5 nitrogen and oxygen atoms in total. The van der Waals surface area contributed by atoms with Crippen LogP contribution in [-0.4, -0.2) is 20.3 Å². The van der Waals surface area contributed by atoms with Crippen LogP contribution in [0.2, 0.25) is 5.02 Å². The fourth-order valence-corrected chi connectivity index (χ4v) is 3.11. The predicted molar refractivity (Wildman–Crippen MR) is 107 cm³/mol. The molecule has 1 N–H and O–H groups in total. The number of halogens is 1. The lowest BCUT2D eigenvalue weighted by Crippen LogP contribution is -2.12. The van der Waals surface area contributed by atoms with Crippen molar-refractivity contribution < 1.29 is 4.79 Å². The molecule has 134 valence electrons. The number of imidazole rings is 1. The summed E-state index contributed by atoms with van der Waals surface area (Å²) < 4.78 is 1.87. The van der Waals surface area contributed by atoms with Crippen LogP contribution in [0, 0.1) is 0 Å². The Labute approximate surface area is 161 Å². The zero-order valence-electron chi connectivity index (χ0n) is 14.5. The van der Waals surface area contributed by atoms with E-state index in [1.807, 2.05) is 71.4 Å². The highest BCUT2D eigenvalue weighted by molar-refractivity contribution is 6.30. The lowest BCUT2D eigenvalue weighted by Gasteiger charge is -2.07. The standard InChI is InChI=1S/C21H17ClN4O/c22-17-6-1-4-15(12-17)8-9-20(27)24-18-7-2-5-16(13-18)19-14-26-11-3-10-23-21(26)25-19/h1-7,10-14H,8-9H2,(H,24,27). The number of anilines is 1. The Hall–Kier alpha value is -3.18. The highest BCUT2D eigenvalue weighted by Gasteiger charge is 2.08. The SMILES string of the molecule is O=C(CCc1cccc(Cl)c1)Nc1cccc(-c2cn3cccnc3n2)c1. The molecule has 4 aromatic rings. The number of fused-ring (bicyclic) bond motifs is 1. The smallest absolute Gasteiger partial charge is 0.234 e. The van der Waals surface area contributed by atoms with E-state index in [2.05, 4.69) is 15.3 Å². The topological polar surface area (TPSA) is 59.3 Å². The molecule has 4 rings (SSSR count). The van der Waals surface area contributed by atoms with Crippen LogP contribution in [0.1, 0.15) is 12.0 Å². The van der Waals surface area contributed by atoms with Crippen LogP contribution < -0.4 is 5.32 Å². The largest absolute Gasteiger partial charge is 0.326 e. The van der Waals surface area contributed by atoms with Crippen LogP contribution in [-0.2, 0) is 11.2 Å². The van der Waals surface area contributed by atoms with Crippen molar-refractivity contribution in [2.45, 2.75) is 12.8 Å². The number of aryl methyl sites for hydroxylation is 1. The van der Waals surface area contributed by atoms with E-state index in [0.717, 1.165) is 22.5 Å². The number of aromatic nitrogens is 3. The Kier molecular flexibility index (Phi) is 4.85. The summed E-state index contributed by atoms with van der Waals surface area (Å²) in [6, 6.07) is 17.1. The number of rotatable bonds is 5. The number of hydrogen-bond donors (Lipinski definition) is 1. The maximum absolute atomic E-state index is 12.3. The zero-order chi connectivity index (χ0) is 18.6. The molecular weight excluding hydrogens is 360 g/mol. The first-order valence-electron chi connectivity index (χ1n) is 8.62. The molecule has 27 heavy (non-hydrogen) atoms. The van der Waals surface area contributed by atoms with Crippen molar-refractivity contribution in [2.75, 3.05) is 5.32 Å². The van der Waals surface area contributed by atoms with E-state index in [9.17, 15) is 4.79 Å². The summed E-state index contributed by atoms with van der Waals surface area (Å²) in [5, 5.41) is 3.63. The van der Waals surface area contributed by atoms with Crippen molar-refractivity contribution in [3.8, 4) is 11.3 Å². The molecular formula is C21H17ClN4O. The molecule has 0 spiro atoms. The first-order chi connectivity index (χ1) is 13.2. The summed E-state index contributed by atoms with van der Waals surface area (Å²) in [6.45, 7) is 0. The molecule has 2 heterocycles. The second kappa shape index (κ2) is 7.60. The molecule has 0 bridgehead atoms. The summed E-state index contributed by atoms with van der Waals surface area (Å²) >= 11 is 5.98. The molecule has 2 aromatic heterocycles. The van der Waals surface area contributed by atoms with Gasteiger partial charge in [-0.15, -0.1) is 0 Å². The van der Waals surface area contributed by atoms with Crippen molar-refractivity contribution >= 4 is 29.0 Å². The van der Waals surface area contributed by atoms with Gasteiger partial charge in [0.2, 0.25) is 11.7 Å². The van der Waals surface area contributed by atoms with Crippen LogP contribution in [0.25, 0.3) is 17.0 Å².